The number of esters is 1. The summed E-state index contributed by atoms with van der Waals surface area (Å²) in [5.41, 5.74) is 0.410. The molecule has 22 heteroatoms. The van der Waals surface area contributed by atoms with Gasteiger partial charge in [0.1, 0.15) is 16.5 Å². The number of carboxylic acid groups (broad SMARTS) is 1. The smallest absolute Gasteiger partial charge is 0.481 e. The van der Waals surface area contributed by atoms with E-state index in [0.29, 0.717) is 36.3 Å². The van der Waals surface area contributed by atoms with Gasteiger partial charge in [0.15, 0.2) is 17.6 Å². The standard InChI is InChI=1S/C51H80N5O13PS3/c1-12-32(5)38(28-43(59)41-18-14-15-23-55(41)10)49(62)56(11)42(31(3)4)29-45(68-34(7)57)48-54-40(30-71-48)47(61)52-36(25-33(6)50(63)64)26-35-19-20-44(69-70(65,66)67)39(27-35)53-46(60)21-22-51(8,9)73-72-24-16-17-37(58)13-2/h19-20,27,30-33,36,38,41-42,45H,12-18,21-26,28-29H2,1-11H3,(H,52,61)(H,53,60)(H,63,64)(H2,65,66,67)/t32-,33?,36+,38-,41+,42+,45+/m0/s1. The third-order valence-electron chi connectivity index (χ3n) is 13.3. The number of nitrogens with one attached hydrogen (secondary N) is 2. The first-order chi connectivity index (χ1) is 34.1. The number of likely N-dealkylation sites (tertiary alicyclic amines) is 1. The normalized spacial score (nSPS) is 16.9. The Morgan fingerprint density at radius 2 is 1.74 bits per heavy atom. The lowest BCUT2D eigenvalue weighted by Crippen LogP contribution is -2.48. The molecule has 3 rings (SSSR count). The van der Waals surface area contributed by atoms with Crippen LogP contribution in [0.25, 0.3) is 0 Å². The van der Waals surface area contributed by atoms with Crippen LogP contribution >= 0.6 is 40.7 Å². The van der Waals surface area contributed by atoms with Crippen LogP contribution in [-0.4, -0.2) is 120 Å². The van der Waals surface area contributed by atoms with Crippen molar-refractivity contribution >= 4 is 87.7 Å². The molecule has 18 nitrogen and oxygen atoms in total. The molecule has 2 aromatic rings. The first kappa shape index (κ1) is 63.4. The number of phosphoric acid groups is 1. The highest BCUT2D eigenvalue weighted by molar-refractivity contribution is 8.77. The molecule has 0 aliphatic carbocycles. The number of benzene rings is 1. The van der Waals surface area contributed by atoms with Crippen molar-refractivity contribution in [2.75, 3.05) is 31.7 Å². The number of aromatic nitrogens is 1. The van der Waals surface area contributed by atoms with Crippen LogP contribution in [0, 0.1) is 23.7 Å². The number of carbonyl (C=O) groups is 7. The number of aliphatic carboxylic acids is 1. The molecular formula is C51H80N5O13PS3. The molecule has 1 fully saturated rings. The predicted octanol–water partition coefficient (Wildman–Crippen LogP) is 9.29. The van der Waals surface area contributed by atoms with E-state index in [9.17, 15) is 53.0 Å². The number of likely N-dealkylation sites (N-methyl/N-ethyl adjacent to an activating group) is 1. The van der Waals surface area contributed by atoms with Crippen molar-refractivity contribution in [3.63, 3.8) is 0 Å². The lowest BCUT2D eigenvalue weighted by molar-refractivity contribution is -0.149. The number of thiazole rings is 1. The summed E-state index contributed by atoms with van der Waals surface area (Å²) in [6.45, 7) is 17.3. The molecule has 1 aliphatic rings. The van der Waals surface area contributed by atoms with Crippen molar-refractivity contribution in [1.82, 2.24) is 20.1 Å². The van der Waals surface area contributed by atoms with Crippen LogP contribution in [0.2, 0.25) is 0 Å². The minimum Gasteiger partial charge on any atom is -0.481 e. The van der Waals surface area contributed by atoms with Gasteiger partial charge in [-0.25, -0.2) is 9.55 Å². The van der Waals surface area contributed by atoms with Crippen molar-refractivity contribution in [3.8, 4) is 5.75 Å². The summed E-state index contributed by atoms with van der Waals surface area (Å²) in [6, 6.07) is 2.72. The van der Waals surface area contributed by atoms with E-state index < -0.39 is 61.6 Å². The molecule has 7 atom stereocenters. The third kappa shape index (κ3) is 21.7. The van der Waals surface area contributed by atoms with Crippen LogP contribution < -0.4 is 15.2 Å². The summed E-state index contributed by atoms with van der Waals surface area (Å²) in [6.07, 6.45) is 5.09. The Morgan fingerprint density at radius 1 is 1.04 bits per heavy atom. The summed E-state index contributed by atoms with van der Waals surface area (Å²) in [5.74, 6) is -3.85. The average Bonchev–Trinajstić information content (AvgIpc) is 3.81. The van der Waals surface area contributed by atoms with Crippen LogP contribution in [-0.2, 0) is 44.5 Å². The fourth-order valence-corrected chi connectivity index (χ4v) is 12.7. The van der Waals surface area contributed by atoms with E-state index in [0.717, 1.165) is 49.3 Å². The number of carboxylic acids is 1. The van der Waals surface area contributed by atoms with Crippen molar-refractivity contribution in [3.05, 3.63) is 39.8 Å². The lowest BCUT2D eigenvalue weighted by atomic mass is 9.83. The number of ketones is 2. The Balaban J connectivity index is 1.84. The average molecular weight is 1100 g/mol. The number of Topliss-reactive ketones (excluding diaryl/α,β-unsaturated/α-hetero) is 2. The van der Waals surface area contributed by atoms with Gasteiger partial charge < -0.3 is 29.9 Å². The van der Waals surface area contributed by atoms with Gasteiger partial charge in [-0.15, -0.1) is 11.3 Å². The Morgan fingerprint density at radius 3 is 2.34 bits per heavy atom. The molecule has 73 heavy (non-hydrogen) atoms. The monoisotopic (exact) mass is 1100 g/mol. The number of amides is 3. The quantitative estimate of drug-likeness (QED) is 0.0198. The van der Waals surface area contributed by atoms with Crippen LogP contribution in [0.5, 0.6) is 5.75 Å². The summed E-state index contributed by atoms with van der Waals surface area (Å²) in [7, 11) is 1.83. The molecule has 5 N–H and O–H groups in total. The van der Waals surface area contributed by atoms with Crippen molar-refractivity contribution in [1.29, 1.82) is 0 Å². The van der Waals surface area contributed by atoms with E-state index in [1.54, 1.807) is 33.5 Å². The van der Waals surface area contributed by atoms with Crippen LogP contribution in [0.3, 0.4) is 0 Å². The van der Waals surface area contributed by atoms with E-state index in [2.05, 4.69) is 20.5 Å². The zero-order valence-electron chi connectivity index (χ0n) is 44.5. The molecule has 1 aliphatic heterocycles. The molecule has 0 radical (unpaired) electrons. The second kappa shape index (κ2) is 30.0. The first-order valence-corrected chi connectivity index (χ1v) is 30.0. The van der Waals surface area contributed by atoms with Gasteiger partial charge in [0.05, 0.1) is 17.6 Å². The molecule has 1 aromatic heterocycles. The number of phosphoric ester groups is 1. The summed E-state index contributed by atoms with van der Waals surface area (Å²) < 4.78 is 22.4. The fourth-order valence-electron chi connectivity index (χ4n) is 8.76. The van der Waals surface area contributed by atoms with Gasteiger partial charge in [-0.1, -0.05) is 82.0 Å². The second-order valence-corrected chi connectivity index (χ2v) is 25.5. The minimum atomic E-state index is -5.07. The maximum atomic E-state index is 14.4. The molecule has 2 heterocycles. The topological polar surface area (TPSA) is 259 Å². The number of rotatable bonds is 32. The van der Waals surface area contributed by atoms with Crippen LogP contribution in [0.15, 0.2) is 23.6 Å². The van der Waals surface area contributed by atoms with Crippen LogP contribution in [0.4, 0.5) is 5.69 Å². The van der Waals surface area contributed by atoms with E-state index in [-0.39, 0.29) is 89.3 Å². The second-order valence-electron chi connectivity index (χ2n) is 20.3. The lowest BCUT2D eigenvalue weighted by Gasteiger charge is -2.37. The summed E-state index contributed by atoms with van der Waals surface area (Å²) in [5, 5.41) is 17.3. The van der Waals surface area contributed by atoms with Gasteiger partial charge >= 0.3 is 19.8 Å². The molecule has 1 unspecified atom stereocenters. The Kier molecular flexibility index (Phi) is 26.1. The van der Waals surface area contributed by atoms with Gasteiger partial charge in [0.25, 0.3) is 5.91 Å². The number of nitrogens with zero attached hydrogens (tertiary/aromatic N) is 3. The van der Waals surface area contributed by atoms with Gasteiger partial charge in [-0.3, -0.25) is 48.2 Å². The minimum absolute atomic E-state index is 0.0249. The molecule has 1 saturated heterocycles. The van der Waals surface area contributed by atoms with Crippen molar-refractivity contribution in [2.24, 2.45) is 23.7 Å². The van der Waals surface area contributed by atoms with E-state index >= 15 is 0 Å². The van der Waals surface area contributed by atoms with E-state index in [1.165, 1.54) is 37.4 Å². The molecule has 0 saturated carbocycles. The number of piperidine rings is 1. The highest BCUT2D eigenvalue weighted by Crippen LogP contribution is 2.43. The largest absolute Gasteiger partial charge is 0.524 e. The Labute approximate surface area is 443 Å². The van der Waals surface area contributed by atoms with E-state index in [4.69, 9.17) is 9.26 Å². The number of carbonyl (C=O) groups excluding carboxylic acids is 6. The first-order valence-electron chi connectivity index (χ1n) is 25.3. The molecular weight excluding hydrogens is 1020 g/mol. The maximum absolute atomic E-state index is 14.4. The maximum Gasteiger partial charge on any atom is 0.524 e. The van der Waals surface area contributed by atoms with E-state index in [1.807, 2.05) is 55.5 Å². The van der Waals surface area contributed by atoms with Gasteiger partial charge in [0.2, 0.25) is 11.8 Å². The number of anilines is 1. The fraction of sp³-hybridized carbons (Fsp3) is 0.686. The number of ether oxygens (including phenoxy) is 1. The zero-order valence-corrected chi connectivity index (χ0v) is 47.8. The SMILES string of the molecule is CCC(=O)CCCSSC(C)(C)CCC(=O)Nc1cc(C[C@@H](CC(C)C(=O)O)NC(=O)c2csc([C@@H](C[C@H](C(C)C)N(C)C(=O)[C@@H](CC(=O)[C@H]3CCCCN3C)[C@@H](C)CC)OC(C)=O)n2)ccc1OP(=O)(O)O. The molecule has 0 bridgehead atoms. The zero-order chi connectivity index (χ0) is 54.8. The summed E-state index contributed by atoms with van der Waals surface area (Å²) in [4.78, 5) is 119. The highest BCUT2D eigenvalue weighted by Gasteiger charge is 2.38. The number of hydrogen-bond acceptors (Lipinski definition) is 15. The van der Waals surface area contributed by atoms with Gasteiger partial charge in [-0.05, 0) is 95.5 Å². The van der Waals surface area contributed by atoms with Gasteiger partial charge in [0, 0.05) is 80.0 Å². The molecule has 410 valence electrons. The highest BCUT2D eigenvalue weighted by atomic mass is 33.1. The third-order valence-corrected chi connectivity index (χ3v) is 18.2. The number of hydrogen-bond donors (Lipinski definition) is 5. The predicted molar refractivity (Wildman–Crippen MR) is 287 cm³/mol. The molecule has 3 amide bonds. The van der Waals surface area contributed by atoms with Gasteiger partial charge in [-0.2, -0.15) is 0 Å². The molecule has 0 spiro atoms. The Hall–Kier alpha value is -3.85. The van der Waals surface area contributed by atoms with Crippen molar-refractivity contribution in [2.45, 2.75) is 175 Å². The summed E-state index contributed by atoms with van der Waals surface area (Å²) >= 11 is 1.09. The van der Waals surface area contributed by atoms with Crippen molar-refractivity contribution < 1.29 is 62.3 Å². The Bertz CT molecular complexity index is 2240. The molecule has 1 aromatic carbocycles. The van der Waals surface area contributed by atoms with Crippen LogP contribution in [0.1, 0.15) is 167 Å².